The van der Waals surface area contributed by atoms with Crippen molar-refractivity contribution in [3.63, 3.8) is 0 Å². The molecule has 0 aromatic heterocycles. The zero-order valence-electron chi connectivity index (χ0n) is 12.2. The van der Waals surface area contributed by atoms with E-state index in [0.29, 0.717) is 16.9 Å². The summed E-state index contributed by atoms with van der Waals surface area (Å²) in [4.78, 5) is 0. The van der Waals surface area contributed by atoms with Gasteiger partial charge in [0.25, 0.3) is 0 Å². The molecule has 1 N–H and O–H groups in total. The molecule has 2 aliphatic rings. The van der Waals surface area contributed by atoms with Crippen molar-refractivity contribution in [2.45, 2.75) is 65.5 Å². The van der Waals surface area contributed by atoms with E-state index in [4.69, 9.17) is 0 Å². The van der Waals surface area contributed by atoms with Crippen LogP contribution in [0.2, 0.25) is 0 Å². The van der Waals surface area contributed by atoms with Crippen molar-refractivity contribution in [2.24, 2.45) is 16.7 Å². The van der Waals surface area contributed by atoms with Crippen LogP contribution in [0, 0.1) is 16.7 Å². The highest BCUT2D eigenvalue weighted by atomic mass is 32.2. The monoisotopic (exact) mass is 255 g/mol. The van der Waals surface area contributed by atoms with E-state index in [1.807, 2.05) is 11.8 Å². The number of hydrogen-bond acceptors (Lipinski definition) is 2. The maximum absolute atomic E-state index is 3.97. The lowest BCUT2D eigenvalue weighted by molar-refractivity contribution is 0.116. The highest BCUT2D eigenvalue weighted by molar-refractivity contribution is 7.98. The first-order valence-corrected chi connectivity index (χ1v) is 8.60. The Morgan fingerprint density at radius 1 is 1.35 bits per heavy atom. The van der Waals surface area contributed by atoms with E-state index in [9.17, 15) is 0 Å². The highest BCUT2D eigenvalue weighted by Gasteiger charge is 2.61. The van der Waals surface area contributed by atoms with Crippen molar-refractivity contribution < 1.29 is 0 Å². The molecule has 4 atom stereocenters. The number of nitrogens with one attached hydrogen (secondary N) is 1. The summed E-state index contributed by atoms with van der Waals surface area (Å²) in [5.74, 6) is 2.21. The lowest BCUT2D eigenvalue weighted by Gasteiger charge is -2.41. The second kappa shape index (κ2) is 4.77. The lowest BCUT2D eigenvalue weighted by Crippen LogP contribution is -2.49. The summed E-state index contributed by atoms with van der Waals surface area (Å²) in [6.45, 7) is 9.85. The molecule has 0 amide bonds. The van der Waals surface area contributed by atoms with Crippen LogP contribution in [0.15, 0.2) is 0 Å². The van der Waals surface area contributed by atoms with Crippen molar-refractivity contribution in [3.8, 4) is 0 Å². The third kappa shape index (κ3) is 2.06. The van der Waals surface area contributed by atoms with Crippen LogP contribution >= 0.6 is 11.8 Å². The number of rotatable bonds is 5. The van der Waals surface area contributed by atoms with Crippen LogP contribution < -0.4 is 5.32 Å². The Morgan fingerprint density at radius 3 is 2.47 bits per heavy atom. The molecule has 0 heterocycles. The Balaban J connectivity index is 2.05. The lowest BCUT2D eigenvalue weighted by atomic mass is 9.69. The summed E-state index contributed by atoms with van der Waals surface area (Å²) in [6, 6.07) is 1.47. The van der Waals surface area contributed by atoms with Crippen LogP contribution in [-0.4, -0.2) is 24.1 Å². The molecule has 0 aromatic carbocycles. The van der Waals surface area contributed by atoms with Gasteiger partial charge in [-0.15, -0.1) is 0 Å². The van der Waals surface area contributed by atoms with E-state index in [1.165, 1.54) is 31.4 Å². The third-order valence-corrected chi connectivity index (χ3v) is 6.83. The zero-order chi connectivity index (χ0) is 12.7. The van der Waals surface area contributed by atoms with E-state index in [2.05, 4.69) is 39.3 Å². The van der Waals surface area contributed by atoms with Gasteiger partial charge in [0.2, 0.25) is 0 Å². The van der Waals surface area contributed by atoms with Crippen LogP contribution in [0.1, 0.15) is 53.4 Å². The summed E-state index contributed by atoms with van der Waals surface area (Å²) in [7, 11) is 0. The van der Waals surface area contributed by atoms with Crippen molar-refractivity contribution >= 4 is 11.8 Å². The van der Waals surface area contributed by atoms with Crippen LogP contribution in [0.25, 0.3) is 0 Å². The Hall–Kier alpha value is 0.310. The van der Waals surface area contributed by atoms with Gasteiger partial charge in [-0.3, -0.25) is 0 Å². The van der Waals surface area contributed by atoms with Crippen molar-refractivity contribution in [3.05, 3.63) is 0 Å². The summed E-state index contributed by atoms with van der Waals surface area (Å²) in [6.07, 6.45) is 7.78. The Kier molecular flexibility index (Phi) is 3.85. The average molecular weight is 255 g/mol. The molecule has 0 saturated heterocycles. The Morgan fingerprint density at radius 2 is 2.06 bits per heavy atom. The fourth-order valence-corrected chi connectivity index (χ4v) is 4.96. The molecule has 0 aliphatic heterocycles. The largest absolute Gasteiger partial charge is 0.310 e. The summed E-state index contributed by atoms with van der Waals surface area (Å²) >= 11 is 1.97. The van der Waals surface area contributed by atoms with E-state index < -0.39 is 0 Å². The normalized spacial score (nSPS) is 40.8. The molecule has 1 nitrogen and oxygen atoms in total. The van der Waals surface area contributed by atoms with Gasteiger partial charge in [-0.2, -0.15) is 11.8 Å². The van der Waals surface area contributed by atoms with Crippen LogP contribution in [0.3, 0.4) is 0 Å². The van der Waals surface area contributed by atoms with Gasteiger partial charge >= 0.3 is 0 Å². The maximum atomic E-state index is 3.97. The molecular formula is C15H29NS. The summed E-state index contributed by atoms with van der Waals surface area (Å²) in [5, 5.41) is 3.97. The van der Waals surface area contributed by atoms with Crippen LogP contribution in [-0.2, 0) is 0 Å². The van der Waals surface area contributed by atoms with Crippen molar-refractivity contribution in [2.75, 3.05) is 12.0 Å². The average Bonchev–Trinajstić information content (AvgIpc) is 2.61. The first-order chi connectivity index (χ1) is 7.95. The van der Waals surface area contributed by atoms with Gasteiger partial charge in [-0.25, -0.2) is 0 Å². The summed E-state index contributed by atoms with van der Waals surface area (Å²) in [5.41, 5.74) is 1.08. The second-order valence-electron chi connectivity index (χ2n) is 6.89. The Bertz CT molecular complexity index is 276. The van der Waals surface area contributed by atoms with Crippen molar-refractivity contribution in [1.82, 2.24) is 5.32 Å². The molecule has 2 rings (SSSR count). The van der Waals surface area contributed by atoms with E-state index in [0.717, 1.165) is 12.0 Å². The summed E-state index contributed by atoms with van der Waals surface area (Å²) < 4.78 is 0. The van der Waals surface area contributed by atoms with Gasteiger partial charge in [0.15, 0.2) is 0 Å². The third-order valence-electron chi connectivity index (χ3n) is 6.09. The van der Waals surface area contributed by atoms with E-state index in [1.54, 1.807) is 0 Å². The number of thioether (sulfide) groups is 1. The molecule has 4 unspecified atom stereocenters. The minimum absolute atomic E-state index is 0.531. The molecule has 0 aromatic rings. The fraction of sp³-hybridized carbons (Fsp3) is 1.00. The SMILES string of the molecule is CCC(CSC)NC1CC2CCC1(C)C2(C)C. The topological polar surface area (TPSA) is 12.0 Å². The molecule has 17 heavy (non-hydrogen) atoms. The molecule has 100 valence electrons. The van der Waals surface area contributed by atoms with Gasteiger partial charge in [0.05, 0.1) is 0 Å². The molecule has 2 bridgehead atoms. The quantitative estimate of drug-likeness (QED) is 0.799. The highest BCUT2D eigenvalue weighted by Crippen LogP contribution is 2.65. The molecular weight excluding hydrogens is 226 g/mol. The van der Waals surface area contributed by atoms with Gasteiger partial charge in [-0.1, -0.05) is 27.7 Å². The predicted molar refractivity (Wildman–Crippen MR) is 78.6 cm³/mol. The molecule has 0 radical (unpaired) electrons. The van der Waals surface area contributed by atoms with Crippen LogP contribution in [0.5, 0.6) is 0 Å². The molecule has 2 aliphatic carbocycles. The number of hydrogen-bond donors (Lipinski definition) is 1. The van der Waals surface area contributed by atoms with E-state index >= 15 is 0 Å². The van der Waals surface area contributed by atoms with Crippen LogP contribution in [0.4, 0.5) is 0 Å². The standard InChI is InChI=1S/C15H29NS/c1-6-12(10-17-5)16-13-9-11-7-8-15(13,4)14(11,2)3/h11-13,16H,6-10H2,1-5H3. The van der Waals surface area contributed by atoms with Gasteiger partial charge in [0, 0.05) is 17.8 Å². The van der Waals surface area contributed by atoms with Crippen molar-refractivity contribution in [1.29, 1.82) is 0 Å². The number of fused-ring (bicyclic) bond motifs is 2. The van der Waals surface area contributed by atoms with Gasteiger partial charge in [0.1, 0.15) is 0 Å². The van der Waals surface area contributed by atoms with Gasteiger partial charge in [-0.05, 0) is 48.7 Å². The fourth-order valence-electron chi connectivity index (χ4n) is 4.23. The van der Waals surface area contributed by atoms with E-state index in [-0.39, 0.29) is 0 Å². The van der Waals surface area contributed by atoms with Gasteiger partial charge < -0.3 is 5.32 Å². The first kappa shape index (κ1) is 13.7. The smallest absolute Gasteiger partial charge is 0.0158 e. The molecule has 2 heteroatoms. The second-order valence-corrected chi connectivity index (χ2v) is 7.80. The minimum atomic E-state index is 0.531. The molecule has 2 fully saturated rings. The zero-order valence-corrected chi connectivity index (χ0v) is 13.0. The minimum Gasteiger partial charge on any atom is -0.310 e. The maximum Gasteiger partial charge on any atom is 0.0158 e. The predicted octanol–water partition coefficient (Wildman–Crippen LogP) is 3.93. The molecule has 0 spiro atoms. The Labute approximate surface area is 112 Å². The first-order valence-electron chi connectivity index (χ1n) is 7.20. The molecule has 2 saturated carbocycles.